The summed E-state index contributed by atoms with van der Waals surface area (Å²) < 4.78 is 27.8. The Morgan fingerprint density at radius 2 is 2.33 bits per heavy atom. The van der Waals surface area contributed by atoms with E-state index < -0.39 is 9.84 Å². The summed E-state index contributed by atoms with van der Waals surface area (Å²) in [5.74, 6) is 0.637. The molecule has 2 N–H and O–H groups in total. The van der Waals surface area contributed by atoms with E-state index in [4.69, 9.17) is 10.5 Å². The van der Waals surface area contributed by atoms with E-state index in [1.165, 1.54) is 0 Å². The van der Waals surface area contributed by atoms with E-state index in [9.17, 15) is 8.42 Å². The van der Waals surface area contributed by atoms with Crippen molar-refractivity contribution in [2.75, 3.05) is 31.3 Å². The van der Waals surface area contributed by atoms with Crippen molar-refractivity contribution in [2.45, 2.75) is 0 Å². The van der Waals surface area contributed by atoms with Gasteiger partial charge in [-0.05, 0) is 0 Å². The van der Waals surface area contributed by atoms with Gasteiger partial charge in [-0.2, -0.15) is 0 Å². The fourth-order valence-electron chi connectivity index (χ4n) is 2.17. The first kappa shape index (κ1) is 8.47. The average Bonchev–Trinajstić information content (AvgIpc) is 2.40. The molecule has 2 heterocycles. The molecular weight excluding hydrogens is 178 g/mol. The number of rotatable bonds is 1. The highest BCUT2D eigenvalue weighted by Crippen LogP contribution is 2.41. The molecule has 2 aliphatic heterocycles. The van der Waals surface area contributed by atoms with Crippen molar-refractivity contribution in [3.63, 3.8) is 0 Å². The molecule has 5 heteroatoms. The van der Waals surface area contributed by atoms with Gasteiger partial charge in [0.15, 0.2) is 9.84 Å². The zero-order chi connectivity index (χ0) is 8.82. The molecule has 0 amide bonds. The minimum absolute atomic E-state index is 0.146. The maximum absolute atomic E-state index is 11.3. The van der Waals surface area contributed by atoms with Gasteiger partial charge < -0.3 is 10.5 Å². The zero-order valence-electron chi connectivity index (χ0n) is 6.82. The first-order chi connectivity index (χ1) is 5.58. The lowest BCUT2D eigenvalue weighted by molar-refractivity contribution is 0.163. The maximum atomic E-state index is 11.3. The SMILES string of the molecule is NC[C@@]12COC[C@@H]1CS(=O)(=O)C2. The predicted molar refractivity (Wildman–Crippen MR) is 44.5 cm³/mol. The average molecular weight is 191 g/mol. The number of fused-ring (bicyclic) bond motifs is 1. The molecule has 0 radical (unpaired) electrons. The van der Waals surface area contributed by atoms with E-state index in [1.54, 1.807) is 0 Å². The fourth-order valence-corrected chi connectivity index (χ4v) is 4.66. The summed E-state index contributed by atoms with van der Waals surface area (Å²) in [6.45, 7) is 1.51. The molecule has 0 aromatic carbocycles. The van der Waals surface area contributed by atoms with Gasteiger partial charge in [0.1, 0.15) is 0 Å². The van der Waals surface area contributed by atoms with Crippen LogP contribution in [0, 0.1) is 11.3 Å². The summed E-state index contributed by atoms with van der Waals surface area (Å²) in [4.78, 5) is 0. The van der Waals surface area contributed by atoms with Gasteiger partial charge in [0.05, 0.1) is 24.7 Å². The molecule has 2 rings (SSSR count). The van der Waals surface area contributed by atoms with Crippen molar-refractivity contribution in [3.05, 3.63) is 0 Å². The second kappa shape index (κ2) is 2.43. The molecule has 0 unspecified atom stereocenters. The van der Waals surface area contributed by atoms with Crippen molar-refractivity contribution in [1.29, 1.82) is 0 Å². The van der Waals surface area contributed by atoms with Gasteiger partial charge in [-0.15, -0.1) is 0 Å². The van der Waals surface area contributed by atoms with Crippen LogP contribution in [0.3, 0.4) is 0 Å². The van der Waals surface area contributed by atoms with Crippen LogP contribution in [0.15, 0.2) is 0 Å². The molecule has 0 aromatic rings. The van der Waals surface area contributed by atoms with Crippen molar-refractivity contribution in [1.82, 2.24) is 0 Å². The Bertz CT molecular complexity index is 287. The lowest BCUT2D eigenvalue weighted by Crippen LogP contribution is -2.37. The highest BCUT2D eigenvalue weighted by molar-refractivity contribution is 7.91. The second-order valence-electron chi connectivity index (χ2n) is 3.83. The van der Waals surface area contributed by atoms with Crippen molar-refractivity contribution >= 4 is 9.84 Å². The Kier molecular flexibility index (Phi) is 1.72. The predicted octanol–water partition coefficient (Wildman–Crippen LogP) is -0.994. The van der Waals surface area contributed by atoms with Gasteiger partial charge in [-0.1, -0.05) is 0 Å². The third-order valence-corrected chi connectivity index (χ3v) is 4.87. The Morgan fingerprint density at radius 1 is 1.58 bits per heavy atom. The number of sulfone groups is 1. The summed E-state index contributed by atoms with van der Waals surface area (Å²) in [5, 5.41) is 0. The van der Waals surface area contributed by atoms with E-state index >= 15 is 0 Å². The third-order valence-electron chi connectivity index (χ3n) is 2.94. The van der Waals surface area contributed by atoms with E-state index in [2.05, 4.69) is 0 Å². The van der Waals surface area contributed by atoms with Gasteiger partial charge in [0.2, 0.25) is 0 Å². The normalized spacial score (nSPS) is 44.6. The molecule has 4 nitrogen and oxygen atoms in total. The fraction of sp³-hybridized carbons (Fsp3) is 1.00. The van der Waals surface area contributed by atoms with E-state index in [1.807, 2.05) is 0 Å². The molecule has 0 spiro atoms. The zero-order valence-corrected chi connectivity index (χ0v) is 7.64. The number of hydrogen-bond donors (Lipinski definition) is 1. The molecular formula is C7H13NO3S. The number of hydrogen-bond acceptors (Lipinski definition) is 4. The Morgan fingerprint density at radius 3 is 2.92 bits per heavy atom. The third kappa shape index (κ3) is 1.08. The van der Waals surface area contributed by atoms with Crippen molar-refractivity contribution in [3.8, 4) is 0 Å². The van der Waals surface area contributed by atoms with Crippen LogP contribution in [0.25, 0.3) is 0 Å². The van der Waals surface area contributed by atoms with Gasteiger partial charge in [-0.3, -0.25) is 0 Å². The van der Waals surface area contributed by atoms with E-state index in [0.717, 1.165) is 0 Å². The van der Waals surface area contributed by atoms with Crippen LogP contribution in [0.5, 0.6) is 0 Å². The Balaban J connectivity index is 2.32. The summed E-state index contributed by atoms with van der Waals surface area (Å²) >= 11 is 0. The standard InChI is InChI=1S/C7H13NO3S/c8-3-7-4-11-1-6(7)2-12(9,10)5-7/h6H,1-5,8H2/t6-,7+/m1/s1. The minimum atomic E-state index is -2.84. The molecule has 2 saturated heterocycles. The molecule has 2 atom stereocenters. The van der Waals surface area contributed by atoms with Crippen molar-refractivity contribution < 1.29 is 13.2 Å². The van der Waals surface area contributed by atoms with E-state index in [0.29, 0.717) is 19.8 Å². The lowest BCUT2D eigenvalue weighted by atomic mass is 9.81. The van der Waals surface area contributed by atoms with Gasteiger partial charge in [-0.25, -0.2) is 8.42 Å². The van der Waals surface area contributed by atoms with Gasteiger partial charge >= 0.3 is 0 Å². The van der Waals surface area contributed by atoms with Crippen LogP contribution in [0.2, 0.25) is 0 Å². The molecule has 2 fully saturated rings. The summed E-state index contributed by atoms with van der Waals surface area (Å²) in [6, 6.07) is 0. The molecule has 12 heavy (non-hydrogen) atoms. The van der Waals surface area contributed by atoms with Gasteiger partial charge in [0.25, 0.3) is 0 Å². The minimum Gasteiger partial charge on any atom is -0.380 e. The summed E-state index contributed by atoms with van der Waals surface area (Å²) in [5.41, 5.74) is 5.34. The molecule has 0 aliphatic carbocycles. The topological polar surface area (TPSA) is 69.4 Å². The van der Waals surface area contributed by atoms with Crippen LogP contribution in [0.4, 0.5) is 0 Å². The smallest absolute Gasteiger partial charge is 0.151 e. The highest BCUT2D eigenvalue weighted by Gasteiger charge is 2.52. The van der Waals surface area contributed by atoms with Gasteiger partial charge in [0, 0.05) is 17.9 Å². The molecule has 2 aliphatic rings. The van der Waals surface area contributed by atoms with Crippen molar-refractivity contribution in [2.24, 2.45) is 17.1 Å². The molecule has 70 valence electrons. The molecule has 0 bridgehead atoms. The quantitative estimate of drug-likeness (QED) is 0.577. The lowest BCUT2D eigenvalue weighted by Gasteiger charge is -2.22. The van der Waals surface area contributed by atoms with Crippen LogP contribution >= 0.6 is 0 Å². The Hall–Kier alpha value is -0.130. The monoisotopic (exact) mass is 191 g/mol. The number of nitrogens with two attached hydrogens (primary N) is 1. The first-order valence-electron chi connectivity index (χ1n) is 4.06. The molecule has 0 saturated carbocycles. The largest absolute Gasteiger partial charge is 0.380 e. The van der Waals surface area contributed by atoms with Crippen LogP contribution < -0.4 is 5.73 Å². The summed E-state index contributed by atoms with van der Waals surface area (Å²) in [7, 11) is -2.84. The highest BCUT2D eigenvalue weighted by atomic mass is 32.2. The number of ether oxygens (including phenoxy) is 1. The van der Waals surface area contributed by atoms with Crippen LogP contribution in [0.1, 0.15) is 0 Å². The molecule has 0 aromatic heterocycles. The maximum Gasteiger partial charge on any atom is 0.151 e. The Labute approximate surface area is 72.0 Å². The van der Waals surface area contributed by atoms with Crippen LogP contribution in [-0.2, 0) is 14.6 Å². The summed E-state index contributed by atoms with van der Waals surface area (Å²) in [6.07, 6.45) is 0. The second-order valence-corrected chi connectivity index (χ2v) is 5.94. The van der Waals surface area contributed by atoms with E-state index in [-0.39, 0.29) is 22.8 Å². The first-order valence-corrected chi connectivity index (χ1v) is 5.88. The van der Waals surface area contributed by atoms with Crippen LogP contribution in [-0.4, -0.2) is 39.7 Å².